The van der Waals surface area contributed by atoms with Gasteiger partial charge in [-0.25, -0.2) is 0 Å². The van der Waals surface area contributed by atoms with Gasteiger partial charge in [0.15, 0.2) is 6.72 Å². The predicted octanol–water partition coefficient (Wildman–Crippen LogP) is 12.1. The zero-order valence-electron chi connectivity index (χ0n) is 28.7. The van der Waals surface area contributed by atoms with Crippen molar-refractivity contribution in [1.82, 2.24) is 4.90 Å². The SMILES string of the molecule is C1CCCCC1.C=[N+](O)c1ccc(CN(C(C)(C)C)C(C)(C)C)cc1.CC.CC.CC.CCC.CCC. The number of rotatable bonds is 3. The Morgan fingerprint density at radius 3 is 1.08 bits per heavy atom. The zero-order chi connectivity index (χ0) is 30.5. The molecule has 1 aromatic carbocycles. The van der Waals surface area contributed by atoms with E-state index in [4.69, 9.17) is 0 Å². The summed E-state index contributed by atoms with van der Waals surface area (Å²) in [7, 11) is 0. The molecular weight excluding hydrogens is 452 g/mol. The van der Waals surface area contributed by atoms with Crippen molar-refractivity contribution in [2.24, 2.45) is 0 Å². The molecule has 0 atom stereocenters. The Labute approximate surface area is 236 Å². The zero-order valence-corrected chi connectivity index (χ0v) is 28.7. The Morgan fingerprint density at radius 1 is 0.649 bits per heavy atom. The van der Waals surface area contributed by atoms with Crippen molar-refractivity contribution in [1.29, 1.82) is 0 Å². The van der Waals surface area contributed by atoms with Crippen LogP contribution in [0.5, 0.6) is 0 Å². The van der Waals surface area contributed by atoms with E-state index in [1.165, 1.54) is 56.9 Å². The second kappa shape index (κ2) is 30.9. The summed E-state index contributed by atoms with van der Waals surface area (Å²) in [4.78, 5) is 2.47. The van der Waals surface area contributed by atoms with Gasteiger partial charge in [0.25, 0.3) is 5.69 Å². The summed E-state index contributed by atoms with van der Waals surface area (Å²) < 4.78 is 0.884. The third-order valence-electron chi connectivity index (χ3n) is 4.69. The lowest BCUT2D eigenvalue weighted by Gasteiger charge is -2.45. The van der Waals surface area contributed by atoms with Crippen molar-refractivity contribution in [3.05, 3.63) is 29.8 Å². The highest BCUT2D eigenvalue weighted by atomic mass is 16.5. The molecule has 2 rings (SSSR count). The van der Waals surface area contributed by atoms with Gasteiger partial charge in [-0.3, -0.25) is 10.1 Å². The molecule has 0 amide bonds. The van der Waals surface area contributed by atoms with Gasteiger partial charge in [-0.2, -0.15) is 0 Å². The standard InChI is InChI=1S/C16H27N2O.C6H12.2C3H8.3C2H6/c1-15(2,3)18(16(4,5)6)12-13-8-10-14(11-9-13)17(7)19;1-2-4-6-5-3-1;2*1-3-2;3*1-2/h8-11,19H,7,12H2,1-6H3;1-6H2;2*3H2,1-2H3;3*1-2H3/q+1;;;;;;. The van der Waals surface area contributed by atoms with E-state index >= 15 is 0 Å². The highest BCUT2D eigenvalue weighted by Crippen LogP contribution is 2.27. The van der Waals surface area contributed by atoms with Crippen LogP contribution in [0.4, 0.5) is 5.69 Å². The molecule has 1 N–H and O–H groups in total. The Kier molecular flexibility index (Phi) is 38.0. The smallest absolute Gasteiger partial charge is 0.256 e. The molecule has 0 radical (unpaired) electrons. The summed E-state index contributed by atoms with van der Waals surface area (Å²) in [5.74, 6) is 0. The van der Waals surface area contributed by atoms with Gasteiger partial charge < -0.3 is 0 Å². The lowest BCUT2D eigenvalue weighted by Crippen LogP contribution is -2.51. The molecule has 0 aliphatic heterocycles. The molecule has 37 heavy (non-hydrogen) atoms. The molecule has 1 saturated carbocycles. The third-order valence-corrected chi connectivity index (χ3v) is 4.69. The second-order valence-corrected chi connectivity index (χ2v) is 10.5. The maximum atomic E-state index is 9.27. The van der Waals surface area contributed by atoms with E-state index in [0.29, 0.717) is 5.69 Å². The van der Waals surface area contributed by atoms with Gasteiger partial charge in [0, 0.05) is 34.5 Å². The second-order valence-electron chi connectivity index (χ2n) is 10.5. The fraction of sp³-hybridized carbons (Fsp3) is 0.794. The van der Waals surface area contributed by atoms with E-state index in [1.807, 2.05) is 65.8 Å². The van der Waals surface area contributed by atoms with Gasteiger partial charge in [0.2, 0.25) is 0 Å². The Hall–Kier alpha value is -1.35. The van der Waals surface area contributed by atoms with Gasteiger partial charge in [0.05, 0.1) is 0 Å². The van der Waals surface area contributed by atoms with Crippen LogP contribution in [-0.2, 0) is 6.54 Å². The van der Waals surface area contributed by atoms with Crippen LogP contribution in [0.25, 0.3) is 0 Å². The number of hydrogen-bond acceptors (Lipinski definition) is 2. The van der Waals surface area contributed by atoms with E-state index in [1.54, 1.807) is 0 Å². The quantitative estimate of drug-likeness (QED) is 0.184. The lowest BCUT2D eigenvalue weighted by molar-refractivity contribution is -0.706. The van der Waals surface area contributed by atoms with E-state index in [-0.39, 0.29) is 11.1 Å². The van der Waals surface area contributed by atoms with Crippen molar-refractivity contribution in [3.8, 4) is 0 Å². The number of nitrogens with zero attached hydrogens (tertiary/aromatic N) is 2. The fourth-order valence-electron chi connectivity index (χ4n) is 3.50. The molecule has 0 unspecified atom stereocenters. The first-order valence-electron chi connectivity index (χ1n) is 15.5. The average molecular weight is 526 g/mol. The summed E-state index contributed by atoms with van der Waals surface area (Å²) in [6.07, 6.45) is 11.5. The van der Waals surface area contributed by atoms with Crippen LogP contribution < -0.4 is 0 Å². The van der Waals surface area contributed by atoms with E-state index < -0.39 is 0 Å². The molecule has 1 fully saturated rings. The largest absolute Gasteiger partial charge is 0.289 e. The summed E-state index contributed by atoms with van der Waals surface area (Å²) in [6.45, 7) is 38.2. The van der Waals surface area contributed by atoms with Crippen LogP contribution in [0.3, 0.4) is 0 Å². The van der Waals surface area contributed by atoms with Crippen molar-refractivity contribution < 1.29 is 9.95 Å². The molecular formula is C34H73N2O+. The Bertz CT molecular complexity index is 519. The van der Waals surface area contributed by atoms with Gasteiger partial charge in [-0.15, -0.1) is 0 Å². The van der Waals surface area contributed by atoms with Crippen molar-refractivity contribution >= 4 is 12.4 Å². The summed E-state index contributed by atoms with van der Waals surface area (Å²) in [5, 5.41) is 9.27. The van der Waals surface area contributed by atoms with Crippen molar-refractivity contribution in [3.63, 3.8) is 0 Å². The first-order valence-corrected chi connectivity index (χ1v) is 15.5. The van der Waals surface area contributed by atoms with Crippen LogP contribution in [0.2, 0.25) is 0 Å². The van der Waals surface area contributed by atoms with Crippen LogP contribution in [0.1, 0.15) is 168 Å². The van der Waals surface area contributed by atoms with Gasteiger partial charge in [-0.1, -0.05) is 133 Å². The van der Waals surface area contributed by atoms with E-state index in [9.17, 15) is 5.21 Å². The molecule has 0 heterocycles. The molecule has 1 aliphatic carbocycles. The minimum absolute atomic E-state index is 0.103. The molecule has 1 aliphatic rings. The van der Waals surface area contributed by atoms with Gasteiger partial charge in [0.1, 0.15) is 0 Å². The molecule has 0 bridgehead atoms. The summed E-state index contributed by atoms with van der Waals surface area (Å²) in [6, 6.07) is 7.83. The molecule has 0 spiro atoms. The summed E-state index contributed by atoms with van der Waals surface area (Å²) in [5.41, 5.74) is 2.13. The monoisotopic (exact) mass is 526 g/mol. The van der Waals surface area contributed by atoms with Gasteiger partial charge in [-0.05, 0) is 47.1 Å². The van der Waals surface area contributed by atoms with Crippen LogP contribution >= 0.6 is 0 Å². The summed E-state index contributed by atoms with van der Waals surface area (Å²) >= 11 is 0. The maximum Gasteiger partial charge on any atom is 0.256 e. The number of hydrogen-bond donors (Lipinski definition) is 1. The minimum Gasteiger partial charge on any atom is -0.289 e. The maximum absolute atomic E-state index is 9.27. The number of benzene rings is 1. The highest BCUT2D eigenvalue weighted by Gasteiger charge is 2.31. The van der Waals surface area contributed by atoms with E-state index in [0.717, 1.165) is 11.3 Å². The highest BCUT2D eigenvalue weighted by molar-refractivity contribution is 5.35. The molecule has 1 aromatic rings. The van der Waals surface area contributed by atoms with Crippen LogP contribution in [0.15, 0.2) is 24.3 Å². The van der Waals surface area contributed by atoms with Crippen molar-refractivity contribution in [2.75, 3.05) is 0 Å². The Balaban J connectivity index is -0.000000155. The van der Waals surface area contributed by atoms with Gasteiger partial charge >= 0.3 is 0 Å². The lowest BCUT2D eigenvalue weighted by atomic mass is 9.95. The molecule has 3 heteroatoms. The van der Waals surface area contributed by atoms with E-state index in [2.05, 4.69) is 80.9 Å². The Morgan fingerprint density at radius 2 is 0.892 bits per heavy atom. The molecule has 0 saturated heterocycles. The minimum atomic E-state index is 0.103. The molecule has 0 aromatic heterocycles. The topological polar surface area (TPSA) is 26.5 Å². The first kappa shape index (κ1) is 45.6. The molecule has 3 nitrogen and oxygen atoms in total. The average Bonchev–Trinajstić information content (AvgIpc) is 2.87. The first-order chi connectivity index (χ1) is 17.3. The third kappa shape index (κ3) is 30.8. The fourth-order valence-corrected chi connectivity index (χ4v) is 3.50. The molecule has 224 valence electrons. The normalized spacial score (nSPS) is 11.9. The van der Waals surface area contributed by atoms with Crippen LogP contribution in [-0.4, -0.2) is 32.6 Å². The van der Waals surface area contributed by atoms with Crippen LogP contribution in [0, 0.1) is 0 Å². The van der Waals surface area contributed by atoms with Crippen molar-refractivity contribution in [2.45, 2.75) is 180 Å². The predicted molar refractivity (Wildman–Crippen MR) is 174 cm³/mol.